The minimum Gasteiger partial charge on any atom is -0.381 e. The SMILES string of the molecule is CC(Nc1cnn(C2CCN(SN(c3ccc(C#N)cc3F)C(F)F)CC2)c(=O)c1Cl)C1CCCOC1. The second kappa shape index (κ2) is 12.4. The lowest BCUT2D eigenvalue weighted by atomic mass is 9.95. The Balaban J connectivity index is 1.38. The summed E-state index contributed by atoms with van der Waals surface area (Å²) >= 11 is 7.13. The van der Waals surface area contributed by atoms with E-state index < -0.39 is 17.9 Å². The highest BCUT2D eigenvalue weighted by Crippen LogP contribution is 2.35. The van der Waals surface area contributed by atoms with Gasteiger partial charge in [-0.05, 0) is 50.8 Å². The molecule has 2 saturated heterocycles. The maximum Gasteiger partial charge on any atom is 0.325 e. The van der Waals surface area contributed by atoms with E-state index in [2.05, 4.69) is 10.4 Å². The first-order valence-electron chi connectivity index (χ1n) is 12.1. The fourth-order valence-corrected chi connectivity index (χ4v) is 5.68. The van der Waals surface area contributed by atoms with Crippen molar-refractivity contribution in [2.24, 2.45) is 5.92 Å². The van der Waals surface area contributed by atoms with Crippen LogP contribution in [0.25, 0.3) is 0 Å². The molecule has 2 fully saturated rings. The van der Waals surface area contributed by atoms with Crippen LogP contribution >= 0.6 is 23.7 Å². The van der Waals surface area contributed by atoms with Crippen LogP contribution < -0.4 is 15.2 Å². The van der Waals surface area contributed by atoms with E-state index >= 15 is 0 Å². The Morgan fingerprint density at radius 2 is 2.08 bits per heavy atom. The number of nitrogens with one attached hydrogen (secondary N) is 1. The zero-order valence-electron chi connectivity index (χ0n) is 20.2. The highest BCUT2D eigenvalue weighted by Gasteiger charge is 2.29. The molecule has 2 aromatic rings. The summed E-state index contributed by atoms with van der Waals surface area (Å²) in [4.78, 5) is 13.0. The molecule has 3 heterocycles. The standard InChI is InChI=1S/C24H28ClF3N6O2S/c1-15(17-3-2-10-36-14-17)31-20-13-30-33(23(35)22(20)25)18-6-8-32(9-7-18)37-34(24(27)28)21-5-4-16(12-29)11-19(21)26/h4-5,11,13,15,17-18,24,31H,2-3,6-10,14H2,1H3. The molecule has 1 aromatic heterocycles. The van der Waals surface area contributed by atoms with E-state index in [9.17, 15) is 18.0 Å². The molecule has 2 aliphatic heterocycles. The molecule has 200 valence electrons. The average molecular weight is 557 g/mol. The molecule has 13 heteroatoms. The van der Waals surface area contributed by atoms with E-state index in [1.807, 2.05) is 6.92 Å². The van der Waals surface area contributed by atoms with E-state index in [1.54, 1.807) is 16.6 Å². The summed E-state index contributed by atoms with van der Waals surface area (Å²) in [5.41, 5.74) is -0.177. The Morgan fingerprint density at radius 1 is 1.32 bits per heavy atom. The summed E-state index contributed by atoms with van der Waals surface area (Å²) in [7, 11) is 0. The number of alkyl halides is 2. The van der Waals surface area contributed by atoms with E-state index in [0.29, 0.717) is 48.4 Å². The zero-order chi connectivity index (χ0) is 26.5. The second-order valence-electron chi connectivity index (χ2n) is 9.16. The van der Waals surface area contributed by atoms with Crippen molar-refractivity contribution < 1.29 is 17.9 Å². The first-order valence-corrected chi connectivity index (χ1v) is 13.2. The molecule has 2 unspecified atom stereocenters. The number of aromatic nitrogens is 2. The van der Waals surface area contributed by atoms with Crippen LogP contribution in [0, 0.1) is 23.1 Å². The molecule has 0 radical (unpaired) electrons. The monoisotopic (exact) mass is 556 g/mol. The highest BCUT2D eigenvalue weighted by atomic mass is 35.5. The number of halogens is 4. The van der Waals surface area contributed by atoms with Gasteiger partial charge in [0.25, 0.3) is 5.56 Å². The number of hydrogen-bond donors (Lipinski definition) is 1. The summed E-state index contributed by atoms with van der Waals surface area (Å²) < 4.78 is 51.0. The number of nitrogens with zero attached hydrogens (tertiary/aromatic N) is 5. The van der Waals surface area contributed by atoms with Crippen LogP contribution in [0.4, 0.5) is 24.5 Å². The number of rotatable bonds is 8. The lowest BCUT2D eigenvalue weighted by Crippen LogP contribution is -2.39. The van der Waals surface area contributed by atoms with Gasteiger partial charge in [0, 0.05) is 43.8 Å². The minimum atomic E-state index is -2.96. The molecular weight excluding hydrogens is 529 g/mol. The van der Waals surface area contributed by atoms with Gasteiger partial charge in [-0.2, -0.15) is 19.1 Å². The van der Waals surface area contributed by atoms with Gasteiger partial charge < -0.3 is 10.1 Å². The van der Waals surface area contributed by atoms with Gasteiger partial charge in [0.05, 0.1) is 41.9 Å². The van der Waals surface area contributed by atoms with Crippen molar-refractivity contribution in [2.45, 2.75) is 51.2 Å². The van der Waals surface area contributed by atoms with Crippen molar-refractivity contribution in [3.05, 3.63) is 51.2 Å². The van der Waals surface area contributed by atoms with Gasteiger partial charge in [0.2, 0.25) is 0 Å². The molecular formula is C24H28ClF3N6O2S. The van der Waals surface area contributed by atoms with Crippen LogP contribution in [0.15, 0.2) is 29.2 Å². The maximum atomic E-state index is 14.4. The van der Waals surface area contributed by atoms with Gasteiger partial charge in [-0.25, -0.2) is 17.7 Å². The summed E-state index contributed by atoms with van der Waals surface area (Å²) in [6.07, 6.45) is 4.54. The first kappa shape index (κ1) is 27.6. The van der Waals surface area contributed by atoms with E-state index in [4.69, 9.17) is 21.6 Å². The van der Waals surface area contributed by atoms with E-state index in [0.717, 1.165) is 37.6 Å². The molecule has 0 spiro atoms. The second-order valence-corrected chi connectivity index (χ2v) is 10.6. The lowest BCUT2D eigenvalue weighted by Gasteiger charge is -2.34. The summed E-state index contributed by atoms with van der Waals surface area (Å²) in [5.74, 6) is -0.578. The summed E-state index contributed by atoms with van der Waals surface area (Å²) in [6.45, 7) is 1.25. The molecule has 0 aliphatic carbocycles. The van der Waals surface area contributed by atoms with Crippen LogP contribution in [0.3, 0.4) is 0 Å². The fourth-order valence-electron chi connectivity index (χ4n) is 4.56. The molecule has 1 N–H and O–H groups in total. The molecule has 1 aromatic carbocycles. The third-order valence-corrected chi connectivity index (χ3v) is 8.19. The Labute approximate surface area is 222 Å². The average Bonchev–Trinajstić information content (AvgIpc) is 2.91. The Kier molecular flexibility index (Phi) is 9.23. The number of nitriles is 1. The molecule has 2 aliphatic rings. The predicted molar refractivity (Wildman–Crippen MR) is 137 cm³/mol. The molecule has 37 heavy (non-hydrogen) atoms. The molecule has 0 saturated carbocycles. The Morgan fingerprint density at radius 3 is 2.70 bits per heavy atom. The van der Waals surface area contributed by atoms with E-state index in [-0.39, 0.29) is 28.4 Å². The van der Waals surface area contributed by atoms with Gasteiger partial charge in [-0.3, -0.25) is 4.79 Å². The van der Waals surface area contributed by atoms with Crippen LogP contribution in [0.1, 0.15) is 44.2 Å². The van der Waals surface area contributed by atoms with Gasteiger partial charge in [0.15, 0.2) is 0 Å². The zero-order valence-corrected chi connectivity index (χ0v) is 21.8. The number of benzene rings is 1. The van der Waals surface area contributed by atoms with Crippen LogP contribution in [0.2, 0.25) is 5.02 Å². The fraction of sp³-hybridized carbons (Fsp3) is 0.542. The van der Waals surface area contributed by atoms with Crippen LogP contribution in [-0.2, 0) is 4.74 Å². The third-order valence-electron chi connectivity index (χ3n) is 6.69. The molecule has 8 nitrogen and oxygen atoms in total. The molecule has 0 bridgehead atoms. The molecule has 4 rings (SSSR count). The van der Waals surface area contributed by atoms with Crippen molar-refractivity contribution >= 4 is 35.1 Å². The van der Waals surface area contributed by atoms with Crippen molar-refractivity contribution in [3.8, 4) is 6.07 Å². The van der Waals surface area contributed by atoms with Crippen molar-refractivity contribution in [3.63, 3.8) is 0 Å². The van der Waals surface area contributed by atoms with Crippen LogP contribution in [0.5, 0.6) is 0 Å². The minimum absolute atomic E-state index is 0.0524. The van der Waals surface area contributed by atoms with Crippen molar-refractivity contribution in [1.29, 1.82) is 5.26 Å². The number of hydrogen-bond acceptors (Lipinski definition) is 8. The van der Waals surface area contributed by atoms with Crippen molar-refractivity contribution in [1.82, 2.24) is 14.1 Å². The predicted octanol–water partition coefficient (Wildman–Crippen LogP) is 5.06. The third kappa shape index (κ3) is 6.52. The highest BCUT2D eigenvalue weighted by molar-refractivity contribution is 7.98. The quantitative estimate of drug-likeness (QED) is 0.356. The number of ether oxygens (including phenoxy) is 1. The molecule has 2 atom stereocenters. The summed E-state index contributed by atoms with van der Waals surface area (Å²) in [5, 5.41) is 16.6. The van der Waals surface area contributed by atoms with Gasteiger partial charge in [-0.1, -0.05) is 11.6 Å². The van der Waals surface area contributed by atoms with E-state index in [1.165, 1.54) is 16.8 Å². The Hall–Kier alpha value is -2.46. The smallest absolute Gasteiger partial charge is 0.325 e. The van der Waals surface area contributed by atoms with Crippen molar-refractivity contribution in [2.75, 3.05) is 35.9 Å². The largest absolute Gasteiger partial charge is 0.381 e. The normalized spacial score (nSPS) is 20.0. The van der Waals surface area contributed by atoms with Crippen LogP contribution in [-0.4, -0.2) is 53.0 Å². The summed E-state index contributed by atoms with van der Waals surface area (Å²) in [6, 6.07) is 5.00. The number of piperidine rings is 1. The van der Waals surface area contributed by atoms with Gasteiger partial charge in [-0.15, -0.1) is 0 Å². The lowest BCUT2D eigenvalue weighted by molar-refractivity contribution is 0.0496. The number of anilines is 2. The maximum absolute atomic E-state index is 14.4. The van der Waals surface area contributed by atoms with Gasteiger partial charge >= 0.3 is 6.55 Å². The van der Waals surface area contributed by atoms with Gasteiger partial charge in [0.1, 0.15) is 10.8 Å². The first-order chi connectivity index (χ1) is 17.8. The molecule has 0 amide bonds. The Bertz CT molecular complexity index is 1180. The topological polar surface area (TPSA) is 86.4 Å².